The van der Waals surface area contributed by atoms with E-state index in [0.29, 0.717) is 28.9 Å². The number of rotatable bonds is 1. The molecule has 0 saturated heterocycles. The van der Waals surface area contributed by atoms with Crippen LogP contribution in [0.2, 0.25) is 0 Å². The van der Waals surface area contributed by atoms with E-state index in [4.69, 9.17) is 10.00 Å². The summed E-state index contributed by atoms with van der Waals surface area (Å²) >= 11 is 0. The molecule has 0 saturated carbocycles. The number of carbonyl (C=O) groups is 1. The van der Waals surface area contributed by atoms with Crippen LogP contribution in [-0.2, 0) is 11.8 Å². The number of hydrogen-bond acceptors (Lipinski definition) is 4. The number of allylic oxidation sites excluding steroid dienone is 2. The van der Waals surface area contributed by atoms with Crippen molar-refractivity contribution >= 4 is 11.4 Å². The molecule has 2 aromatic carbocycles. The molecule has 4 rings (SSSR count). The molecule has 0 unspecified atom stereocenters. The third-order valence-electron chi connectivity index (χ3n) is 5.45. The van der Waals surface area contributed by atoms with E-state index in [9.17, 15) is 9.90 Å². The zero-order valence-electron chi connectivity index (χ0n) is 14.3. The SMILES string of the molecule is COc1ccc2c(c1)C(C)(C)C1=C(C2=O)c2ccc(C#N)c(O)c2C1. The van der Waals surface area contributed by atoms with Crippen LogP contribution in [0.25, 0.3) is 5.57 Å². The Labute approximate surface area is 146 Å². The molecule has 1 N–H and O–H groups in total. The van der Waals surface area contributed by atoms with Crippen molar-refractivity contribution in [1.29, 1.82) is 5.26 Å². The van der Waals surface area contributed by atoms with Crippen LogP contribution in [0, 0.1) is 11.3 Å². The minimum Gasteiger partial charge on any atom is -0.506 e. The number of ketones is 1. The molecule has 0 amide bonds. The van der Waals surface area contributed by atoms with Gasteiger partial charge in [-0.25, -0.2) is 0 Å². The van der Waals surface area contributed by atoms with E-state index in [0.717, 1.165) is 16.7 Å². The summed E-state index contributed by atoms with van der Waals surface area (Å²) in [5, 5.41) is 19.6. The summed E-state index contributed by atoms with van der Waals surface area (Å²) in [6, 6.07) is 10.9. The highest BCUT2D eigenvalue weighted by atomic mass is 16.5. The van der Waals surface area contributed by atoms with Crippen LogP contribution in [0.1, 0.15) is 46.5 Å². The van der Waals surface area contributed by atoms with Crippen LogP contribution in [-0.4, -0.2) is 18.0 Å². The third kappa shape index (κ3) is 1.90. The van der Waals surface area contributed by atoms with Gasteiger partial charge in [0.1, 0.15) is 17.6 Å². The molecular formula is C21H17NO3. The van der Waals surface area contributed by atoms with Crippen molar-refractivity contribution in [1.82, 2.24) is 0 Å². The van der Waals surface area contributed by atoms with Gasteiger partial charge in [0.15, 0.2) is 5.78 Å². The highest BCUT2D eigenvalue weighted by Crippen LogP contribution is 2.52. The van der Waals surface area contributed by atoms with E-state index < -0.39 is 0 Å². The Hall–Kier alpha value is -3.06. The van der Waals surface area contributed by atoms with Gasteiger partial charge in [-0.1, -0.05) is 19.9 Å². The quantitative estimate of drug-likeness (QED) is 0.864. The maximum atomic E-state index is 13.2. The zero-order chi connectivity index (χ0) is 17.9. The number of fused-ring (bicyclic) bond motifs is 3. The van der Waals surface area contributed by atoms with Gasteiger partial charge < -0.3 is 9.84 Å². The fourth-order valence-electron chi connectivity index (χ4n) is 4.02. The molecule has 25 heavy (non-hydrogen) atoms. The van der Waals surface area contributed by atoms with E-state index in [2.05, 4.69) is 13.8 Å². The Morgan fingerprint density at radius 2 is 1.92 bits per heavy atom. The van der Waals surface area contributed by atoms with Crippen LogP contribution < -0.4 is 4.74 Å². The fraction of sp³-hybridized carbons (Fsp3) is 0.238. The molecule has 2 aromatic rings. The lowest BCUT2D eigenvalue weighted by molar-refractivity contribution is 0.105. The van der Waals surface area contributed by atoms with Gasteiger partial charge in [-0.15, -0.1) is 0 Å². The van der Waals surface area contributed by atoms with Crippen molar-refractivity contribution in [2.24, 2.45) is 0 Å². The predicted octanol–water partition coefficient (Wildman–Crippen LogP) is 3.76. The predicted molar refractivity (Wildman–Crippen MR) is 93.8 cm³/mol. The number of methoxy groups -OCH3 is 1. The Morgan fingerprint density at radius 3 is 2.60 bits per heavy atom. The molecule has 0 atom stereocenters. The van der Waals surface area contributed by atoms with E-state index in [1.165, 1.54) is 0 Å². The number of nitriles is 1. The number of nitrogens with zero attached hydrogens (tertiary/aromatic N) is 1. The van der Waals surface area contributed by atoms with Gasteiger partial charge >= 0.3 is 0 Å². The van der Waals surface area contributed by atoms with Crippen molar-refractivity contribution in [3.8, 4) is 17.6 Å². The van der Waals surface area contributed by atoms with Gasteiger partial charge in [-0.05, 0) is 47.4 Å². The Kier molecular flexibility index (Phi) is 3.07. The van der Waals surface area contributed by atoms with Crippen molar-refractivity contribution in [2.75, 3.05) is 7.11 Å². The number of aromatic hydroxyl groups is 1. The largest absolute Gasteiger partial charge is 0.506 e. The smallest absolute Gasteiger partial charge is 0.193 e. The van der Waals surface area contributed by atoms with E-state index in [-0.39, 0.29) is 22.5 Å². The number of ether oxygens (including phenoxy) is 1. The van der Waals surface area contributed by atoms with E-state index in [1.54, 1.807) is 25.3 Å². The third-order valence-corrected chi connectivity index (χ3v) is 5.45. The van der Waals surface area contributed by atoms with Crippen molar-refractivity contribution < 1.29 is 14.6 Å². The first kappa shape index (κ1) is 15.5. The Bertz CT molecular complexity index is 1020. The van der Waals surface area contributed by atoms with Crippen LogP contribution in [0.4, 0.5) is 0 Å². The first-order valence-electron chi connectivity index (χ1n) is 8.12. The number of phenolic OH excluding ortho intramolecular Hbond substituents is 1. The van der Waals surface area contributed by atoms with Gasteiger partial charge in [0, 0.05) is 22.1 Å². The topological polar surface area (TPSA) is 70.3 Å². The molecule has 0 aliphatic heterocycles. The molecule has 0 fully saturated rings. The second kappa shape index (κ2) is 4.97. The van der Waals surface area contributed by atoms with Crippen LogP contribution in [0.3, 0.4) is 0 Å². The van der Waals surface area contributed by atoms with Crippen LogP contribution in [0.5, 0.6) is 11.5 Å². The van der Waals surface area contributed by atoms with Crippen LogP contribution in [0.15, 0.2) is 35.9 Å². The highest BCUT2D eigenvalue weighted by Gasteiger charge is 2.43. The molecule has 0 bridgehead atoms. The number of hydrogen-bond donors (Lipinski definition) is 1. The van der Waals surface area contributed by atoms with Crippen molar-refractivity contribution in [3.63, 3.8) is 0 Å². The molecule has 4 heteroatoms. The summed E-state index contributed by atoms with van der Waals surface area (Å²) in [5.74, 6) is 0.670. The molecule has 4 nitrogen and oxygen atoms in total. The fourth-order valence-corrected chi connectivity index (χ4v) is 4.02. The maximum Gasteiger partial charge on any atom is 0.193 e. The molecule has 124 valence electrons. The van der Waals surface area contributed by atoms with Gasteiger partial charge in [-0.3, -0.25) is 4.79 Å². The first-order chi connectivity index (χ1) is 11.9. The zero-order valence-corrected chi connectivity index (χ0v) is 14.3. The summed E-state index contributed by atoms with van der Waals surface area (Å²) in [7, 11) is 1.61. The Morgan fingerprint density at radius 1 is 1.20 bits per heavy atom. The van der Waals surface area contributed by atoms with Crippen LogP contribution >= 0.6 is 0 Å². The monoisotopic (exact) mass is 331 g/mol. The highest BCUT2D eigenvalue weighted by molar-refractivity contribution is 6.33. The maximum absolute atomic E-state index is 13.2. The average molecular weight is 331 g/mol. The standard InChI is InChI=1S/C21H17NO3/c1-21(2)16-8-12(25-3)5-7-14(16)20(24)18-13-6-4-11(10-22)19(23)15(13)9-17(18)21/h4-8,23H,9H2,1-3H3. The average Bonchev–Trinajstić information content (AvgIpc) is 3.01. The molecular weight excluding hydrogens is 314 g/mol. The Balaban J connectivity index is 1.97. The van der Waals surface area contributed by atoms with Gasteiger partial charge in [0.05, 0.1) is 12.7 Å². The molecule has 0 radical (unpaired) electrons. The number of benzene rings is 2. The second-order valence-electron chi connectivity index (χ2n) is 7.00. The van der Waals surface area contributed by atoms with E-state index >= 15 is 0 Å². The lowest BCUT2D eigenvalue weighted by atomic mass is 9.68. The first-order valence-corrected chi connectivity index (χ1v) is 8.12. The number of phenols is 1. The molecule has 2 aliphatic rings. The molecule has 0 heterocycles. The van der Waals surface area contributed by atoms with Crippen molar-refractivity contribution in [3.05, 3.63) is 63.7 Å². The minimum atomic E-state index is -0.370. The van der Waals surface area contributed by atoms with Gasteiger partial charge in [0.2, 0.25) is 0 Å². The molecule has 0 aromatic heterocycles. The summed E-state index contributed by atoms with van der Waals surface area (Å²) in [6.45, 7) is 4.17. The number of Topliss-reactive ketones (excluding diaryl/α,β-unsaturated/α-hetero) is 1. The summed E-state index contributed by atoms with van der Waals surface area (Å²) in [5.41, 5.74) is 4.53. The summed E-state index contributed by atoms with van der Waals surface area (Å²) in [4.78, 5) is 13.2. The van der Waals surface area contributed by atoms with Gasteiger partial charge in [0.25, 0.3) is 0 Å². The summed E-state index contributed by atoms with van der Waals surface area (Å²) in [6.07, 6.45) is 0.474. The minimum absolute atomic E-state index is 0.0142. The van der Waals surface area contributed by atoms with Crippen molar-refractivity contribution in [2.45, 2.75) is 25.7 Å². The van der Waals surface area contributed by atoms with Gasteiger partial charge in [-0.2, -0.15) is 5.26 Å². The lowest BCUT2D eigenvalue weighted by Gasteiger charge is -2.34. The van der Waals surface area contributed by atoms with E-state index in [1.807, 2.05) is 18.2 Å². The number of carbonyl (C=O) groups excluding carboxylic acids is 1. The second-order valence-corrected chi connectivity index (χ2v) is 7.00. The normalized spacial score (nSPS) is 16.8. The molecule has 2 aliphatic carbocycles. The lowest BCUT2D eigenvalue weighted by Crippen LogP contribution is -2.29. The summed E-state index contributed by atoms with van der Waals surface area (Å²) < 4.78 is 5.33. The molecule has 0 spiro atoms.